The van der Waals surface area contributed by atoms with Gasteiger partial charge in [-0.25, -0.2) is 0 Å². The van der Waals surface area contributed by atoms with E-state index in [2.05, 4.69) is 34.6 Å². The molecule has 6 rings (SSSR count). The van der Waals surface area contributed by atoms with E-state index in [-0.39, 0.29) is 5.92 Å². The van der Waals surface area contributed by atoms with Gasteiger partial charge in [0.15, 0.2) is 0 Å². The highest BCUT2D eigenvalue weighted by Gasteiger charge is 2.77. The molecule has 6 aliphatic rings. The van der Waals surface area contributed by atoms with Crippen LogP contribution >= 0.6 is 0 Å². The highest BCUT2D eigenvalue weighted by Crippen LogP contribution is 2.82. The van der Waals surface area contributed by atoms with Crippen molar-refractivity contribution in [3.63, 3.8) is 0 Å². The molecule has 0 saturated heterocycles. The summed E-state index contributed by atoms with van der Waals surface area (Å²) in [6.07, 6.45) is 13.2. The number of methoxy groups -OCH3 is 1. The number of hydrogen-bond donors (Lipinski definition) is 0. The second-order valence-electron chi connectivity index (χ2n) is 13.9. The molecular formula is C29H46O2. The highest BCUT2D eigenvalue weighted by molar-refractivity contribution is 5.85. The Hall–Kier alpha value is -0.370. The molecule has 2 heteroatoms. The van der Waals surface area contributed by atoms with Gasteiger partial charge in [-0.05, 0) is 110 Å². The van der Waals surface area contributed by atoms with Crippen molar-refractivity contribution >= 4 is 5.78 Å². The summed E-state index contributed by atoms with van der Waals surface area (Å²) in [5, 5.41) is 0. The van der Waals surface area contributed by atoms with E-state index in [9.17, 15) is 4.79 Å². The van der Waals surface area contributed by atoms with Gasteiger partial charge in [-0.2, -0.15) is 0 Å². The minimum absolute atomic E-state index is 0.212. The minimum Gasteiger partial charge on any atom is -0.381 e. The van der Waals surface area contributed by atoms with Crippen LogP contribution in [0.3, 0.4) is 0 Å². The Morgan fingerprint density at radius 1 is 0.968 bits per heavy atom. The third kappa shape index (κ3) is 2.53. The lowest BCUT2D eigenvalue weighted by Gasteiger charge is -2.61. The average Bonchev–Trinajstić information content (AvgIpc) is 3.62. The van der Waals surface area contributed by atoms with E-state index in [1.165, 1.54) is 57.8 Å². The monoisotopic (exact) mass is 426 g/mol. The van der Waals surface area contributed by atoms with Crippen molar-refractivity contribution in [1.29, 1.82) is 0 Å². The van der Waals surface area contributed by atoms with Gasteiger partial charge < -0.3 is 4.74 Å². The molecule has 0 aromatic heterocycles. The zero-order valence-corrected chi connectivity index (χ0v) is 21.0. The van der Waals surface area contributed by atoms with E-state index >= 15 is 0 Å². The summed E-state index contributed by atoms with van der Waals surface area (Å²) in [7, 11) is 2.01. The Kier molecular flexibility index (Phi) is 4.51. The molecule has 1 spiro atoms. The lowest BCUT2D eigenvalue weighted by atomic mass is 9.45. The van der Waals surface area contributed by atoms with Crippen LogP contribution in [0.15, 0.2) is 0 Å². The number of ketones is 1. The third-order valence-electron chi connectivity index (χ3n) is 13.0. The summed E-state index contributed by atoms with van der Waals surface area (Å²) in [6, 6.07) is 0. The summed E-state index contributed by atoms with van der Waals surface area (Å²) in [5.74, 6) is 7.03. The van der Waals surface area contributed by atoms with Crippen LogP contribution in [0.2, 0.25) is 0 Å². The fraction of sp³-hybridized carbons (Fsp3) is 0.966. The summed E-state index contributed by atoms with van der Waals surface area (Å²) in [5.41, 5.74) is 1.58. The van der Waals surface area contributed by atoms with Crippen LogP contribution in [0.4, 0.5) is 0 Å². The molecule has 0 radical (unpaired) electrons. The molecule has 0 N–H and O–H groups in total. The van der Waals surface area contributed by atoms with Crippen LogP contribution in [-0.2, 0) is 9.53 Å². The van der Waals surface area contributed by atoms with E-state index < -0.39 is 0 Å². The SMILES string of the molecule is CO[C@@H]1C[C@H]2[C@@H]3CC[C@H]([C@H](C)[C@H]4C[C@@H]4C(=O)C(C)C)[C@@]3(C)CC[C@@H]2[C@@]2(C)CC[C@H]3CC312. The van der Waals surface area contributed by atoms with Crippen molar-refractivity contribution in [3.05, 3.63) is 0 Å². The third-order valence-corrected chi connectivity index (χ3v) is 13.0. The van der Waals surface area contributed by atoms with Crippen molar-refractivity contribution in [3.8, 4) is 0 Å². The molecule has 0 aromatic rings. The average molecular weight is 427 g/mol. The van der Waals surface area contributed by atoms with Crippen LogP contribution in [0.25, 0.3) is 0 Å². The first kappa shape index (κ1) is 21.2. The number of fused-ring (bicyclic) bond motifs is 4. The van der Waals surface area contributed by atoms with Crippen molar-refractivity contribution in [2.75, 3.05) is 7.11 Å². The molecule has 2 nitrogen and oxygen atoms in total. The van der Waals surface area contributed by atoms with Gasteiger partial charge in [0.1, 0.15) is 5.78 Å². The topological polar surface area (TPSA) is 26.3 Å². The van der Waals surface area contributed by atoms with Gasteiger partial charge in [0.2, 0.25) is 0 Å². The van der Waals surface area contributed by atoms with Gasteiger partial charge in [-0.3, -0.25) is 4.79 Å². The maximum absolute atomic E-state index is 12.6. The first-order valence-electron chi connectivity index (χ1n) is 13.8. The molecule has 0 heterocycles. The first-order chi connectivity index (χ1) is 14.7. The summed E-state index contributed by atoms with van der Waals surface area (Å²) < 4.78 is 6.29. The lowest BCUT2D eigenvalue weighted by molar-refractivity contribution is -0.161. The molecule has 0 amide bonds. The van der Waals surface area contributed by atoms with Gasteiger partial charge in [0, 0.05) is 24.4 Å². The zero-order chi connectivity index (χ0) is 21.9. The number of carbonyl (C=O) groups is 1. The fourth-order valence-electron chi connectivity index (χ4n) is 11.3. The van der Waals surface area contributed by atoms with Crippen LogP contribution < -0.4 is 0 Å². The summed E-state index contributed by atoms with van der Waals surface area (Å²) in [4.78, 5) is 12.6. The van der Waals surface area contributed by atoms with Gasteiger partial charge in [-0.1, -0.05) is 34.6 Å². The molecule has 0 aliphatic heterocycles. The van der Waals surface area contributed by atoms with Crippen molar-refractivity contribution in [1.82, 2.24) is 0 Å². The quantitative estimate of drug-likeness (QED) is 0.485. The number of ether oxygens (including phenoxy) is 1. The second-order valence-corrected chi connectivity index (χ2v) is 13.9. The van der Waals surface area contributed by atoms with E-state index in [0.29, 0.717) is 40.0 Å². The number of carbonyl (C=O) groups excluding carboxylic acids is 1. The van der Waals surface area contributed by atoms with E-state index in [1.54, 1.807) is 0 Å². The van der Waals surface area contributed by atoms with Crippen LogP contribution in [0, 0.1) is 69.5 Å². The molecular weight excluding hydrogens is 380 g/mol. The summed E-state index contributed by atoms with van der Waals surface area (Å²) >= 11 is 0. The molecule has 0 aromatic carbocycles. The largest absolute Gasteiger partial charge is 0.381 e. The molecule has 6 saturated carbocycles. The Bertz CT molecular complexity index is 773. The molecule has 0 bridgehead atoms. The number of hydrogen-bond acceptors (Lipinski definition) is 2. The number of Topliss-reactive ketones (excluding diaryl/α,β-unsaturated/α-hetero) is 1. The molecule has 6 fully saturated rings. The molecule has 31 heavy (non-hydrogen) atoms. The summed E-state index contributed by atoms with van der Waals surface area (Å²) in [6.45, 7) is 12.1. The molecule has 6 aliphatic carbocycles. The van der Waals surface area contributed by atoms with E-state index in [0.717, 1.165) is 35.5 Å². The van der Waals surface area contributed by atoms with E-state index in [4.69, 9.17) is 4.74 Å². The Balaban J connectivity index is 1.24. The van der Waals surface area contributed by atoms with Gasteiger partial charge >= 0.3 is 0 Å². The van der Waals surface area contributed by atoms with Crippen molar-refractivity contribution in [2.45, 2.75) is 98.5 Å². The number of rotatable bonds is 5. The van der Waals surface area contributed by atoms with Gasteiger partial charge in [0.25, 0.3) is 0 Å². The van der Waals surface area contributed by atoms with Crippen LogP contribution in [0.5, 0.6) is 0 Å². The Morgan fingerprint density at radius 2 is 1.74 bits per heavy atom. The Labute approximate surface area is 190 Å². The first-order valence-corrected chi connectivity index (χ1v) is 13.8. The zero-order valence-electron chi connectivity index (χ0n) is 21.0. The van der Waals surface area contributed by atoms with Gasteiger partial charge in [0.05, 0.1) is 6.10 Å². The van der Waals surface area contributed by atoms with Crippen molar-refractivity contribution in [2.24, 2.45) is 69.5 Å². The molecule has 174 valence electrons. The molecule has 12 atom stereocenters. The second kappa shape index (κ2) is 6.61. The standard InChI is InChI=1S/C29H46O2/c1-16(2)26(30)20-13-19(20)17(3)22-7-8-23-21-14-25(31-6)29-15-18(29)9-12-28(29,5)24(21)10-11-27(22,23)4/h16-25H,7-15H2,1-6H3/t17-,18+,19-,20+,21+,22-,23+,24+,25-,27-,28-,29?/m1/s1. The van der Waals surface area contributed by atoms with Crippen molar-refractivity contribution < 1.29 is 9.53 Å². The maximum Gasteiger partial charge on any atom is 0.138 e. The predicted octanol–water partition coefficient (Wildman–Crippen LogP) is 6.77. The van der Waals surface area contributed by atoms with Gasteiger partial charge in [-0.15, -0.1) is 0 Å². The lowest BCUT2D eigenvalue weighted by Crippen LogP contribution is -2.57. The van der Waals surface area contributed by atoms with Crippen LogP contribution in [0.1, 0.15) is 92.4 Å². The normalized spacial score (nSPS) is 57.6. The highest BCUT2D eigenvalue weighted by atomic mass is 16.5. The minimum atomic E-state index is 0.212. The predicted molar refractivity (Wildman–Crippen MR) is 124 cm³/mol. The maximum atomic E-state index is 12.6. The fourth-order valence-corrected chi connectivity index (χ4v) is 11.3. The van der Waals surface area contributed by atoms with E-state index in [1.807, 2.05) is 7.11 Å². The smallest absolute Gasteiger partial charge is 0.138 e. The van der Waals surface area contributed by atoms with Crippen LogP contribution in [-0.4, -0.2) is 19.0 Å². The Morgan fingerprint density at radius 3 is 2.42 bits per heavy atom. The molecule has 1 unspecified atom stereocenters.